The Labute approximate surface area is 111 Å². The SMILES string of the molecule is CCN(CC(C)C#N)c1nc(NC)nc2nc[nH]c12. The molecule has 7 nitrogen and oxygen atoms in total. The van der Waals surface area contributed by atoms with E-state index >= 15 is 0 Å². The number of H-pyrrole nitrogens is 1. The number of imidazole rings is 1. The molecule has 0 saturated heterocycles. The number of anilines is 2. The number of nitrogens with one attached hydrogen (secondary N) is 2. The van der Waals surface area contributed by atoms with Gasteiger partial charge in [0.1, 0.15) is 5.52 Å². The van der Waals surface area contributed by atoms with Gasteiger partial charge in [0.25, 0.3) is 0 Å². The molecular weight excluding hydrogens is 242 g/mol. The van der Waals surface area contributed by atoms with Crippen LogP contribution >= 0.6 is 0 Å². The summed E-state index contributed by atoms with van der Waals surface area (Å²) in [5.41, 5.74) is 1.42. The van der Waals surface area contributed by atoms with Gasteiger partial charge in [0.15, 0.2) is 11.5 Å². The minimum absolute atomic E-state index is 0.0640. The van der Waals surface area contributed by atoms with Gasteiger partial charge in [-0.15, -0.1) is 0 Å². The van der Waals surface area contributed by atoms with E-state index in [1.165, 1.54) is 0 Å². The van der Waals surface area contributed by atoms with Crippen LogP contribution in [0.2, 0.25) is 0 Å². The van der Waals surface area contributed by atoms with E-state index < -0.39 is 0 Å². The van der Waals surface area contributed by atoms with Gasteiger partial charge in [-0.1, -0.05) is 0 Å². The van der Waals surface area contributed by atoms with Crippen LogP contribution < -0.4 is 10.2 Å². The van der Waals surface area contributed by atoms with Crippen molar-refractivity contribution in [3.8, 4) is 6.07 Å². The normalized spacial score (nSPS) is 12.1. The Balaban J connectivity index is 2.46. The average Bonchev–Trinajstić information content (AvgIpc) is 2.91. The smallest absolute Gasteiger partial charge is 0.226 e. The lowest BCUT2D eigenvalue weighted by molar-refractivity contribution is 0.681. The van der Waals surface area contributed by atoms with Crippen molar-refractivity contribution in [1.82, 2.24) is 19.9 Å². The van der Waals surface area contributed by atoms with Crippen LogP contribution in [0.5, 0.6) is 0 Å². The van der Waals surface area contributed by atoms with E-state index in [-0.39, 0.29) is 5.92 Å². The van der Waals surface area contributed by atoms with Crippen LogP contribution in [0.15, 0.2) is 6.33 Å². The maximum atomic E-state index is 8.96. The second kappa shape index (κ2) is 5.52. The molecule has 2 N–H and O–H groups in total. The van der Waals surface area contributed by atoms with E-state index in [1.54, 1.807) is 13.4 Å². The topological polar surface area (TPSA) is 93.5 Å². The summed E-state index contributed by atoms with van der Waals surface area (Å²) in [6, 6.07) is 2.24. The Morgan fingerprint density at radius 1 is 1.53 bits per heavy atom. The van der Waals surface area contributed by atoms with Crippen LogP contribution in [0, 0.1) is 17.2 Å². The zero-order valence-corrected chi connectivity index (χ0v) is 11.3. The molecular formula is C12H17N7. The highest BCUT2D eigenvalue weighted by molar-refractivity contribution is 5.84. The zero-order chi connectivity index (χ0) is 13.8. The van der Waals surface area contributed by atoms with Crippen molar-refractivity contribution in [1.29, 1.82) is 5.26 Å². The van der Waals surface area contributed by atoms with E-state index in [0.717, 1.165) is 17.9 Å². The third-order valence-electron chi connectivity index (χ3n) is 2.89. The molecule has 0 spiro atoms. The Morgan fingerprint density at radius 2 is 2.32 bits per heavy atom. The first-order valence-electron chi connectivity index (χ1n) is 6.23. The third-order valence-corrected chi connectivity index (χ3v) is 2.89. The third kappa shape index (κ3) is 2.57. The fourth-order valence-corrected chi connectivity index (χ4v) is 1.90. The number of fused-ring (bicyclic) bond motifs is 1. The second-order valence-corrected chi connectivity index (χ2v) is 4.29. The van der Waals surface area contributed by atoms with Crippen LogP contribution in [-0.4, -0.2) is 40.1 Å². The number of hydrogen-bond donors (Lipinski definition) is 2. The molecule has 1 atom stereocenters. The predicted molar refractivity (Wildman–Crippen MR) is 73.9 cm³/mol. The molecule has 2 rings (SSSR count). The van der Waals surface area contributed by atoms with Crippen molar-refractivity contribution in [3.63, 3.8) is 0 Å². The van der Waals surface area contributed by atoms with Gasteiger partial charge in [-0.25, -0.2) is 4.98 Å². The molecule has 0 aromatic carbocycles. The molecule has 0 aliphatic rings. The molecule has 0 saturated carbocycles. The number of nitrogens with zero attached hydrogens (tertiary/aromatic N) is 5. The van der Waals surface area contributed by atoms with Gasteiger partial charge in [0, 0.05) is 20.1 Å². The zero-order valence-electron chi connectivity index (χ0n) is 11.3. The fourth-order valence-electron chi connectivity index (χ4n) is 1.90. The van der Waals surface area contributed by atoms with Crippen molar-refractivity contribution in [3.05, 3.63) is 6.33 Å². The molecule has 0 fully saturated rings. The molecule has 0 aliphatic heterocycles. The number of nitriles is 1. The number of rotatable bonds is 5. The summed E-state index contributed by atoms with van der Waals surface area (Å²) >= 11 is 0. The van der Waals surface area contributed by atoms with Gasteiger partial charge in [-0.3, -0.25) is 0 Å². The molecule has 0 radical (unpaired) electrons. The van der Waals surface area contributed by atoms with Crippen LogP contribution in [0.3, 0.4) is 0 Å². The summed E-state index contributed by atoms with van der Waals surface area (Å²) in [6.45, 7) is 5.32. The van der Waals surface area contributed by atoms with Gasteiger partial charge < -0.3 is 15.2 Å². The maximum absolute atomic E-state index is 8.96. The fraction of sp³-hybridized carbons (Fsp3) is 0.500. The molecule has 100 valence electrons. The van der Waals surface area contributed by atoms with Crippen molar-refractivity contribution < 1.29 is 0 Å². The summed E-state index contributed by atoms with van der Waals surface area (Å²) in [7, 11) is 1.77. The van der Waals surface area contributed by atoms with Crippen LogP contribution in [-0.2, 0) is 0 Å². The molecule has 0 aliphatic carbocycles. The first-order valence-corrected chi connectivity index (χ1v) is 6.23. The molecule has 0 amide bonds. The quantitative estimate of drug-likeness (QED) is 0.842. The van der Waals surface area contributed by atoms with E-state index in [4.69, 9.17) is 5.26 Å². The van der Waals surface area contributed by atoms with Gasteiger partial charge in [-0.2, -0.15) is 15.2 Å². The largest absolute Gasteiger partial charge is 0.357 e. The average molecular weight is 259 g/mol. The summed E-state index contributed by atoms with van der Waals surface area (Å²) in [5, 5.41) is 11.9. The van der Waals surface area contributed by atoms with Gasteiger partial charge in [0.2, 0.25) is 5.95 Å². The lowest BCUT2D eigenvalue weighted by Gasteiger charge is -2.23. The van der Waals surface area contributed by atoms with Crippen LogP contribution in [0.25, 0.3) is 11.2 Å². The molecule has 19 heavy (non-hydrogen) atoms. The van der Waals surface area contributed by atoms with Crippen LogP contribution in [0.4, 0.5) is 11.8 Å². The van der Waals surface area contributed by atoms with Gasteiger partial charge in [0.05, 0.1) is 18.3 Å². The molecule has 7 heteroatoms. The molecule has 2 heterocycles. The second-order valence-electron chi connectivity index (χ2n) is 4.29. The Bertz CT molecular complexity index is 598. The van der Waals surface area contributed by atoms with E-state index in [1.807, 2.05) is 13.8 Å². The standard InChI is InChI=1S/C12H17N7/c1-4-19(6-8(2)5-13)11-9-10(16-7-15-9)17-12(14-3)18-11/h7-8H,4,6H2,1-3H3,(H2,14,15,16,17,18). The van der Waals surface area contributed by atoms with Crippen molar-refractivity contribution in [2.75, 3.05) is 30.4 Å². The minimum Gasteiger partial charge on any atom is -0.357 e. The Kier molecular flexibility index (Phi) is 3.80. The first-order chi connectivity index (χ1) is 9.19. The number of aromatic amines is 1. The number of hydrogen-bond acceptors (Lipinski definition) is 6. The van der Waals surface area contributed by atoms with Crippen molar-refractivity contribution >= 4 is 22.9 Å². The van der Waals surface area contributed by atoms with Crippen molar-refractivity contribution in [2.45, 2.75) is 13.8 Å². The van der Waals surface area contributed by atoms with Crippen molar-refractivity contribution in [2.24, 2.45) is 5.92 Å². The van der Waals surface area contributed by atoms with Crippen LogP contribution in [0.1, 0.15) is 13.8 Å². The molecule has 0 bridgehead atoms. The Morgan fingerprint density at radius 3 is 2.95 bits per heavy atom. The predicted octanol–water partition coefficient (Wildman–Crippen LogP) is 1.38. The maximum Gasteiger partial charge on any atom is 0.226 e. The molecule has 1 unspecified atom stereocenters. The lowest BCUT2D eigenvalue weighted by atomic mass is 10.2. The summed E-state index contributed by atoms with van der Waals surface area (Å²) in [5.74, 6) is 1.24. The highest BCUT2D eigenvalue weighted by Gasteiger charge is 2.16. The van der Waals surface area contributed by atoms with Gasteiger partial charge in [-0.05, 0) is 13.8 Å². The van der Waals surface area contributed by atoms with E-state index in [2.05, 4.69) is 36.2 Å². The number of aromatic nitrogens is 4. The van der Waals surface area contributed by atoms with E-state index in [9.17, 15) is 0 Å². The summed E-state index contributed by atoms with van der Waals surface area (Å²) < 4.78 is 0. The summed E-state index contributed by atoms with van der Waals surface area (Å²) in [6.07, 6.45) is 1.60. The first kappa shape index (κ1) is 13.1. The monoisotopic (exact) mass is 259 g/mol. The van der Waals surface area contributed by atoms with Gasteiger partial charge >= 0.3 is 0 Å². The van der Waals surface area contributed by atoms with E-state index in [0.29, 0.717) is 18.1 Å². The highest BCUT2D eigenvalue weighted by Crippen LogP contribution is 2.23. The highest BCUT2D eigenvalue weighted by atomic mass is 15.2. The Hall–Kier alpha value is -2.36. The lowest BCUT2D eigenvalue weighted by Crippen LogP contribution is -2.29. The summed E-state index contributed by atoms with van der Waals surface area (Å²) in [4.78, 5) is 18.0. The molecule has 2 aromatic rings. The molecule has 2 aromatic heterocycles. The minimum atomic E-state index is -0.0640.